The van der Waals surface area contributed by atoms with Gasteiger partial charge >= 0.3 is 0 Å². The Kier molecular flexibility index (Phi) is 3.84. The van der Waals surface area contributed by atoms with Crippen LogP contribution in [0, 0.1) is 0 Å². The maximum Gasteiger partial charge on any atom is 0.255 e. The second-order valence-electron chi connectivity index (χ2n) is 6.11. The average Bonchev–Trinajstić information content (AvgIpc) is 3.01. The SMILES string of the molecule is CC(=O)c1cc2c(cc1NC(=O)c1ccc3c(c1)ncn3C)OCCO2. The number of carbonyl (C=O) groups excluding carboxylic acids is 2. The van der Waals surface area contributed by atoms with E-state index in [0.717, 1.165) is 11.0 Å². The molecule has 0 atom stereocenters. The molecule has 0 fully saturated rings. The zero-order chi connectivity index (χ0) is 18.3. The number of aromatic nitrogens is 2. The van der Waals surface area contributed by atoms with E-state index in [9.17, 15) is 9.59 Å². The predicted molar refractivity (Wildman–Crippen MR) is 96.1 cm³/mol. The fourth-order valence-corrected chi connectivity index (χ4v) is 2.96. The third-order valence-electron chi connectivity index (χ3n) is 4.30. The van der Waals surface area contributed by atoms with Crippen molar-refractivity contribution in [1.82, 2.24) is 9.55 Å². The Hall–Kier alpha value is -3.35. The zero-order valence-corrected chi connectivity index (χ0v) is 14.4. The summed E-state index contributed by atoms with van der Waals surface area (Å²) in [6.45, 7) is 2.30. The number of fused-ring (bicyclic) bond motifs is 2. The van der Waals surface area contributed by atoms with Crippen LogP contribution in [0.1, 0.15) is 27.6 Å². The Morgan fingerprint density at radius 2 is 1.85 bits per heavy atom. The number of aryl methyl sites for hydroxylation is 1. The number of benzene rings is 2. The lowest BCUT2D eigenvalue weighted by Gasteiger charge is -2.20. The first kappa shape index (κ1) is 16.1. The molecular weight excluding hydrogens is 334 g/mol. The molecule has 1 aromatic heterocycles. The van der Waals surface area contributed by atoms with Gasteiger partial charge in [-0.3, -0.25) is 9.59 Å². The van der Waals surface area contributed by atoms with E-state index >= 15 is 0 Å². The maximum absolute atomic E-state index is 12.7. The van der Waals surface area contributed by atoms with Gasteiger partial charge in [0, 0.05) is 24.2 Å². The smallest absolute Gasteiger partial charge is 0.255 e. The molecule has 7 nitrogen and oxygen atoms in total. The van der Waals surface area contributed by atoms with Gasteiger partial charge in [-0.2, -0.15) is 0 Å². The quantitative estimate of drug-likeness (QED) is 0.734. The van der Waals surface area contributed by atoms with Crippen LogP contribution in [-0.2, 0) is 7.05 Å². The minimum atomic E-state index is -0.322. The molecule has 0 saturated carbocycles. The minimum absolute atomic E-state index is 0.169. The van der Waals surface area contributed by atoms with Gasteiger partial charge in [-0.25, -0.2) is 4.98 Å². The standard InChI is InChI=1S/C19H17N3O4/c1-11(23)13-8-17-18(26-6-5-25-17)9-14(13)21-19(24)12-3-4-16-15(7-12)20-10-22(16)2/h3-4,7-10H,5-6H2,1-2H3,(H,21,24). The summed E-state index contributed by atoms with van der Waals surface area (Å²) < 4.78 is 12.9. The number of anilines is 1. The monoisotopic (exact) mass is 351 g/mol. The first-order chi connectivity index (χ1) is 12.5. The molecule has 26 heavy (non-hydrogen) atoms. The van der Waals surface area contributed by atoms with Gasteiger partial charge in [0.05, 0.1) is 23.0 Å². The third-order valence-corrected chi connectivity index (χ3v) is 4.30. The molecule has 1 aliphatic rings. The molecule has 4 rings (SSSR count). The van der Waals surface area contributed by atoms with Gasteiger partial charge in [0.25, 0.3) is 5.91 Å². The van der Waals surface area contributed by atoms with Crippen molar-refractivity contribution in [1.29, 1.82) is 0 Å². The van der Waals surface area contributed by atoms with Crippen LogP contribution in [0.5, 0.6) is 11.5 Å². The molecule has 0 radical (unpaired) electrons. The first-order valence-electron chi connectivity index (χ1n) is 8.20. The number of hydrogen-bond donors (Lipinski definition) is 1. The molecule has 2 heterocycles. The topological polar surface area (TPSA) is 82.5 Å². The number of nitrogens with zero attached hydrogens (tertiary/aromatic N) is 2. The van der Waals surface area contributed by atoms with Gasteiger partial charge in [-0.05, 0) is 31.2 Å². The second-order valence-corrected chi connectivity index (χ2v) is 6.11. The van der Waals surface area contributed by atoms with Crippen molar-refractivity contribution in [2.45, 2.75) is 6.92 Å². The lowest BCUT2D eigenvalue weighted by Crippen LogP contribution is -2.18. The molecule has 1 N–H and O–H groups in total. The number of carbonyl (C=O) groups is 2. The molecule has 0 saturated heterocycles. The summed E-state index contributed by atoms with van der Waals surface area (Å²) in [4.78, 5) is 28.9. The molecule has 0 unspecified atom stereocenters. The van der Waals surface area contributed by atoms with Crippen LogP contribution in [-0.4, -0.2) is 34.5 Å². The van der Waals surface area contributed by atoms with Crippen molar-refractivity contribution in [3.63, 3.8) is 0 Å². The summed E-state index contributed by atoms with van der Waals surface area (Å²) in [5, 5.41) is 2.80. The first-order valence-corrected chi connectivity index (χ1v) is 8.20. The Morgan fingerprint density at radius 3 is 2.58 bits per heavy atom. The normalized spacial score (nSPS) is 12.8. The van der Waals surface area contributed by atoms with Gasteiger partial charge in [-0.1, -0.05) is 0 Å². The lowest BCUT2D eigenvalue weighted by atomic mass is 10.1. The van der Waals surface area contributed by atoms with Gasteiger partial charge in [-0.15, -0.1) is 0 Å². The fourth-order valence-electron chi connectivity index (χ4n) is 2.96. The van der Waals surface area contributed by atoms with Gasteiger partial charge in [0.2, 0.25) is 0 Å². The molecule has 0 bridgehead atoms. The third kappa shape index (κ3) is 2.77. The fraction of sp³-hybridized carbons (Fsp3) is 0.211. The molecule has 2 aromatic carbocycles. The highest BCUT2D eigenvalue weighted by molar-refractivity contribution is 6.10. The molecular formula is C19H17N3O4. The summed E-state index contributed by atoms with van der Waals surface area (Å²) in [5.74, 6) is 0.528. The zero-order valence-electron chi connectivity index (χ0n) is 14.4. The van der Waals surface area contributed by atoms with Gasteiger partial charge in [0.1, 0.15) is 13.2 Å². The Morgan fingerprint density at radius 1 is 1.12 bits per heavy atom. The summed E-state index contributed by atoms with van der Waals surface area (Å²) in [7, 11) is 1.89. The van der Waals surface area contributed by atoms with E-state index in [1.54, 1.807) is 30.6 Å². The molecule has 1 amide bonds. The predicted octanol–water partition coefficient (Wildman–Crippen LogP) is 2.80. The highest BCUT2D eigenvalue weighted by Gasteiger charge is 2.20. The number of nitrogens with one attached hydrogen (secondary N) is 1. The van der Waals surface area contributed by atoms with Crippen molar-refractivity contribution in [2.24, 2.45) is 7.05 Å². The van der Waals surface area contributed by atoms with E-state index in [-0.39, 0.29) is 11.7 Å². The van der Waals surface area contributed by atoms with Crippen molar-refractivity contribution >= 4 is 28.4 Å². The number of rotatable bonds is 3. The molecule has 132 valence electrons. The number of amides is 1. The van der Waals surface area contributed by atoms with E-state index in [4.69, 9.17) is 9.47 Å². The van der Waals surface area contributed by atoms with Crippen LogP contribution in [0.3, 0.4) is 0 Å². The lowest BCUT2D eigenvalue weighted by molar-refractivity contribution is 0.101. The highest BCUT2D eigenvalue weighted by Crippen LogP contribution is 2.36. The van der Waals surface area contributed by atoms with Crippen LogP contribution in [0.15, 0.2) is 36.7 Å². The van der Waals surface area contributed by atoms with Gasteiger partial charge < -0.3 is 19.4 Å². The van der Waals surface area contributed by atoms with Crippen molar-refractivity contribution < 1.29 is 19.1 Å². The van der Waals surface area contributed by atoms with Crippen molar-refractivity contribution in [3.05, 3.63) is 47.8 Å². The summed E-state index contributed by atoms with van der Waals surface area (Å²) in [5.41, 5.74) is 2.90. The second kappa shape index (κ2) is 6.18. The summed E-state index contributed by atoms with van der Waals surface area (Å²) in [6.07, 6.45) is 1.70. The number of imidazole rings is 1. The van der Waals surface area contributed by atoms with E-state index in [0.29, 0.717) is 41.5 Å². The largest absolute Gasteiger partial charge is 0.486 e. The Bertz CT molecular complexity index is 1040. The number of hydrogen-bond acceptors (Lipinski definition) is 5. The van der Waals surface area contributed by atoms with Crippen molar-refractivity contribution in [2.75, 3.05) is 18.5 Å². The van der Waals surface area contributed by atoms with Crippen LogP contribution in [0.25, 0.3) is 11.0 Å². The molecule has 3 aromatic rings. The molecule has 1 aliphatic heterocycles. The Labute approximate surface area is 149 Å². The van der Waals surface area contributed by atoms with Gasteiger partial charge in [0.15, 0.2) is 17.3 Å². The minimum Gasteiger partial charge on any atom is -0.486 e. The maximum atomic E-state index is 12.7. The van der Waals surface area contributed by atoms with Crippen molar-refractivity contribution in [3.8, 4) is 11.5 Å². The Balaban J connectivity index is 1.68. The highest BCUT2D eigenvalue weighted by atomic mass is 16.6. The molecule has 0 aliphatic carbocycles. The van der Waals surface area contributed by atoms with E-state index in [1.165, 1.54) is 6.92 Å². The van der Waals surface area contributed by atoms with E-state index < -0.39 is 0 Å². The average molecular weight is 351 g/mol. The summed E-state index contributed by atoms with van der Waals surface area (Å²) >= 11 is 0. The molecule has 7 heteroatoms. The van der Waals surface area contributed by atoms with E-state index in [1.807, 2.05) is 17.7 Å². The number of Topliss-reactive ketones (excluding diaryl/α,β-unsaturated/α-hetero) is 1. The number of ketones is 1. The number of ether oxygens (including phenoxy) is 2. The van der Waals surface area contributed by atoms with Crippen LogP contribution < -0.4 is 14.8 Å². The summed E-state index contributed by atoms with van der Waals surface area (Å²) in [6, 6.07) is 8.52. The molecule has 0 spiro atoms. The van der Waals surface area contributed by atoms with Crippen LogP contribution in [0.2, 0.25) is 0 Å². The van der Waals surface area contributed by atoms with Crippen LogP contribution in [0.4, 0.5) is 5.69 Å². The van der Waals surface area contributed by atoms with Crippen LogP contribution >= 0.6 is 0 Å². The van der Waals surface area contributed by atoms with E-state index in [2.05, 4.69) is 10.3 Å².